The number of fused-ring (bicyclic) bond motifs is 1. The van der Waals surface area contributed by atoms with Gasteiger partial charge >= 0.3 is 0 Å². The highest BCUT2D eigenvalue weighted by molar-refractivity contribution is 9.10. The summed E-state index contributed by atoms with van der Waals surface area (Å²) in [5, 5.41) is 0. The van der Waals surface area contributed by atoms with Gasteiger partial charge in [0.2, 0.25) is 0 Å². The largest absolute Gasteiger partial charge is 0.376 e. The van der Waals surface area contributed by atoms with Gasteiger partial charge in [0.25, 0.3) is 11.8 Å². The lowest BCUT2D eigenvalue weighted by molar-refractivity contribution is -0.123. The minimum absolute atomic E-state index is 0.0219. The number of unbranched alkanes of at least 4 members (excludes halogenated alkanes) is 1. The van der Waals surface area contributed by atoms with Gasteiger partial charge in [0.15, 0.2) is 0 Å². The first kappa shape index (κ1) is 20.1. The number of hydrogen-bond donors (Lipinski definition) is 0. The van der Waals surface area contributed by atoms with E-state index in [-0.39, 0.29) is 17.9 Å². The van der Waals surface area contributed by atoms with Crippen LogP contribution in [0.25, 0.3) is 5.57 Å². The second kappa shape index (κ2) is 8.26. The first-order valence-electron chi connectivity index (χ1n) is 9.52. The van der Waals surface area contributed by atoms with Crippen LogP contribution in [0.5, 0.6) is 0 Å². The van der Waals surface area contributed by atoms with Crippen LogP contribution in [0.1, 0.15) is 38.2 Å². The smallest absolute Gasteiger partial charge is 0.267 e. The number of thioether (sulfide) groups is 1. The van der Waals surface area contributed by atoms with Gasteiger partial charge in [-0.1, -0.05) is 53.3 Å². The lowest BCUT2D eigenvalue weighted by Crippen LogP contribution is -2.35. The van der Waals surface area contributed by atoms with Gasteiger partial charge in [-0.15, -0.1) is 0 Å². The van der Waals surface area contributed by atoms with Crippen molar-refractivity contribution in [3.63, 3.8) is 0 Å². The van der Waals surface area contributed by atoms with Crippen LogP contribution in [-0.4, -0.2) is 46.8 Å². The molecule has 0 saturated carbocycles. The van der Waals surface area contributed by atoms with Crippen molar-refractivity contribution in [3.05, 3.63) is 33.1 Å². The number of halogens is 1. The van der Waals surface area contributed by atoms with Crippen LogP contribution in [0.3, 0.4) is 0 Å². The van der Waals surface area contributed by atoms with Crippen molar-refractivity contribution in [3.8, 4) is 0 Å². The summed E-state index contributed by atoms with van der Waals surface area (Å²) in [7, 11) is 0. The van der Waals surface area contributed by atoms with Gasteiger partial charge in [0.1, 0.15) is 4.32 Å². The second-order valence-electron chi connectivity index (χ2n) is 7.09. The standard InChI is InChI=1S/C20H21BrN2O3S2/c1-2-3-8-22-15-7-6-12(21)10-14(15)16(18(22)24)17-19(25)23(20(27)28-17)11-13-5-4-9-26-13/h6-7,10,13H,2-5,8-9,11H2,1H3/b17-16-/t13-/m0/s1. The topological polar surface area (TPSA) is 49.9 Å². The maximum absolute atomic E-state index is 13.3. The predicted molar refractivity (Wildman–Crippen MR) is 119 cm³/mol. The minimum atomic E-state index is -0.183. The number of nitrogens with zero attached hydrogens (tertiary/aromatic N) is 2. The monoisotopic (exact) mass is 480 g/mol. The summed E-state index contributed by atoms with van der Waals surface area (Å²) in [5.41, 5.74) is 2.13. The third-order valence-electron chi connectivity index (χ3n) is 5.20. The highest BCUT2D eigenvalue weighted by atomic mass is 79.9. The van der Waals surface area contributed by atoms with Gasteiger partial charge in [-0.2, -0.15) is 0 Å². The lowest BCUT2D eigenvalue weighted by atomic mass is 10.1. The molecule has 0 N–H and O–H groups in total. The lowest BCUT2D eigenvalue weighted by Gasteiger charge is -2.18. The van der Waals surface area contributed by atoms with E-state index in [0.717, 1.165) is 48.0 Å². The Bertz CT molecular complexity index is 880. The normalized spacial score (nSPS) is 24.6. The van der Waals surface area contributed by atoms with Crippen LogP contribution in [-0.2, 0) is 14.3 Å². The molecule has 5 nitrogen and oxygen atoms in total. The fraction of sp³-hybridized carbons (Fsp3) is 0.450. The molecule has 1 aromatic rings. The maximum Gasteiger partial charge on any atom is 0.267 e. The zero-order valence-electron chi connectivity index (χ0n) is 15.6. The summed E-state index contributed by atoms with van der Waals surface area (Å²) >= 11 is 10.2. The Morgan fingerprint density at radius 2 is 2.11 bits per heavy atom. The molecule has 0 aliphatic carbocycles. The number of ether oxygens (including phenoxy) is 1. The van der Waals surface area contributed by atoms with E-state index in [0.29, 0.717) is 27.9 Å². The molecule has 3 heterocycles. The number of thiocarbonyl (C=S) groups is 1. The zero-order valence-corrected chi connectivity index (χ0v) is 18.8. The Kier molecular flexibility index (Phi) is 5.92. The fourth-order valence-electron chi connectivity index (χ4n) is 3.76. The average molecular weight is 481 g/mol. The van der Waals surface area contributed by atoms with Crippen LogP contribution in [0.2, 0.25) is 0 Å². The highest BCUT2D eigenvalue weighted by Crippen LogP contribution is 2.45. The molecule has 28 heavy (non-hydrogen) atoms. The summed E-state index contributed by atoms with van der Waals surface area (Å²) in [6.45, 7) is 3.93. The van der Waals surface area contributed by atoms with E-state index >= 15 is 0 Å². The Morgan fingerprint density at radius 3 is 2.82 bits per heavy atom. The van der Waals surface area contributed by atoms with Crippen LogP contribution >= 0.6 is 39.9 Å². The molecular weight excluding hydrogens is 460 g/mol. The fourth-order valence-corrected chi connectivity index (χ4v) is 5.47. The Morgan fingerprint density at radius 1 is 1.29 bits per heavy atom. The van der Waals surface area contributed by atoms with E-state index in [1.165, 1.54) is 11.8 Å². The van der Waals surface area contributed by atoms with Crippen molar-refractivity contribution in [1.29, 1.82) is 0 Å². The first-order valence-corrected chi connectivity index (χ1v) is 11.5. The number of carbonyl (C=O) groups excluding carboxylic acids is 2. The third-order valence-corrected chi connectivity index (χ3v) is 7.14. The van der Waals surface area contributed by atoms with E-state index in [1.54, 1.807) is 9.80 Å². The molecule has 3 aliphatic heterocycles. The predicted octanol–water partition coefficient (Wildman–Crippen LogP) is 4.35. The summed E-state index contributed by atoms with van der Waals surface area (Å²) < 4.78 is 7.04. The summed E-state index contributed by atoms with van der Waals surface area (Å²) in [6, 6.07) is 5.78. The number of hydrogen-bond acceptors (Lipinski definition) is 5. The summed E-state index contributed by atoms with van der Waals surface area (Å²) in [4.78, 5) is 30.3. The molecule has 4 rings (SSSR count). The number of anilines is 1. The molecule has 0 bridgehead atoms. The molecule has 2 fully saturated rings. The van der Waals surface area contributed by atoms with Gasteiger partial charge in [0, 0.05) is 23.2 Å². The Hall–Kier alpha value is -1.22. The van der Waals surface area contributed by atoms with E-state index in [1.807, 2.05) is 18.2 Å². The third kappa shape index (κ3) is 3.56. The molecule has 0 unspecified atom stereocenters. The zero-order chi connectivity index (χ0) is 19.8. The summed E-state index contributed by atoms with van der Waals surface area (Å²) in [6.07, 6.45) is 3.87. The molecule has 0 spiro atoms. The Balaban J connectivity index is 1.71. The molecule has 1 atom stereocenters. The maximum atomic E-state index is 13.3. The molecule has 8 heteroatoms. The van der Waals surface area contributed by atoms with Gasteiger partial charge in [-0.3, -0.25) is 14.5 Å². The molecular formula is C20H21BrN2O3S2. The molecule has 148 valence electrons. The van der Waals surface area contributed by atoms with Crippen LogP contribution in [0.4, 0.5) is 5.69 Å². The van der Waals surface area contributed by atoms with E-state index in [2.05, 4.69) is 22.9 Å². The van der Waals surface area contributed by atoms with Crippen LogP contribution in [0.15, 0.2) is 27.6 Å². The number of amides is 2. The average Bonchev–Trinajstić information content (AvgIpc) is 3.34. The second-order valence-corrected chi connectivity index (χ2v) is 9.65. The van der Waals surface area contributed by atoms with Crippen molar-refractivity contribution < 1.29 is 14.3 Å². The molecule has 0 aromatic heterocycles. The number of benzene rings is 1. The van der Waals surface area contributed by atoms with Gasteiger partial charge < -0.3 is 9.64 Å². The summed E-state index contributed by atoms with van der Waals surface area (Å²) in [5.74, 6) is -0.295. The van der Waals surface area contributed by atoms with E-state index in [9.17, 15) is 9.59 Å². The molecule has 0 radical (unpaired) electrons. The molecule has 2 saturated heterocycles. The van der Waals surface area contributed by atoms with Crippen molar-refractivity contribution in [2.45, 2.75) is 38.7 Å². The van der Waals surface area contributed by atoms with Gasteiger partial charge in [0.05, 0.1) is 28.8 Å². The molecule has 1 aromatic carbocycles. The van der Waals surface area contributed by atoms with Crippen LogP contribution in [0, 0.1) is 0 Å². The number of rotatable bonds is 5. The minimum Gasteiger partial charge on any atom is -0.376 e. The SMILES string of the molecule is CCCCN1C(=O)/C(=C2\SC(=S)N(C[C@@H]3CCCO3)C2=O)c2cc(Br)ccc21. The molecule has 2 amide bonds. The van der Waals surface area contributed by atoms with E-state index < -0.39 is 0 Å². The first-order chi connectivity index (χ1) is 13.5. The van der Waals surface area contributed by atoms with Gasteiger partial charge in [-0.05, 0) is 37.5 Å². The van der Waals surface area contributed by atoms with Gasteiger partial charge in [-0.25, -0.2) is 0 Å². The van der Waals surface area contributed by atoms with Crippen molar-refractivity contribution in [1.82, 2.24) is 4.90 Å². The highest BCUT2D eigenvalue weighted by Gasteiger charge is 2.42. The van der Waals surface area contributed by atoms with Crippen molar-refractivity contribution >= 4 is 67.3 Å². The van der Waals surface area contributed by atoms with Crippen LogP contribution < -0.4 is 4.90 Å². The van der Waals surface area contributed by atoms with E-state index in [4.69, 9.17) is 17.0 Å². The quantitative estimate of drug-likeness (QED) is 0.463. The van der Waals surface area contributed by atoms with Crippen molar-refractivity contribution in [2.75, 3.05) is 24.6 Å². The molecule has 3 aliphatic rings. The Labute approximate surface area is 182 Å². The van der Waals surface area contributed by atoms with Crippen molar-refractivity contribution in [2.24, 2.45) is 0 Å². The number of carbonyl (C=O) groups is 2.